The van der Waals surface area contributed by atoms with Gasteiger partial charge in [-0.1, -0.05) is 24.3 Å². The number of hydrogen-bond acceptors (Lipinski definition) is 7. The molecule has 2 aromatic carbocycles. The third kappa shape index (κ3) is 5.56. The van der Waals surface area contributed by atoms with Gasteiger partial charge in [0.25, 0.3) is 0 Å². The fraction of sp³-hybridized carbons (Fsp3) is 0.296. The zero-order valence-electron chi connectivity index (χ0n) is 21.6. The number of hydrogen-bond donors (Lipinski definition) is 2. The number of ether oxygens (including phenoxy) is 1. The summed E-state index contributed by atoms with van der Waals surface area (Å²) < 4.78 is 31.7. The molecular weight excluding hydrogens is 516 g/mol. The minimum Gasteiger partial charge on any atom is -0.379 e. The van der Waals surface area contributed by atoms with Gasteiger partial charge < -0.3 is 10.1 Å². The molecule has 202 valence electrons. The van der Waals surface area contributed by atoms with Gasteiger partial charge in [-0.15, -0.1) is 5.10 Å². The second-order valence-corrected chi connectivity index (χ2v) is 10.6. The molecule has 0 spiro atoms. The monoisotopic (exact) mass is 546 g/mol. The molecule has 11 nitrogen and oxygen atoms in total. The van der Waals surface area contributed by atoms with Crippen LogP contribution >= 0.6 is 0 Å². The predicted molar refractivity (Wildman–Crippen MR) is 151 cm³/mol. The van der Waals surface area contributed by atoms with E-state index in [9.17, 15) is 8.76 Å². The van der Waals surface area contributed by atoms with Crippen molar-refractivity contribution in [3.63, 3.8) is 0 Å². The van der Waals surface area contributed by atoms with Gasteiger partial charge in [0.05, 0.1) is 48.9 Å². The number of nitrogens with one attached hydrogen (secondary N) is 1. The summed E-state index contributed by atoms with van der Waals surface area (Å²) >= 11 is -2.05. The van der Waals surface area contributed by atoms with E-state index in [1.807, 2.05) is 63.9 Å². The zero-order chi connectivity index (χ0) is 26.8. The van der Waals surface area contributed by atoms with Crippen molar-refractivity contribution in [2.75, 3.05) is 45.2 Å². The quantitative estimate of drug-likeness (QED) is 0.271. The topological polar surface area (TPSA) is 113 Å². The SMILES string of the molecule is CN(Cc1ccccc1-c1ccc2cnc(Nc3ccc4cnn(CCN5CCOCC5)c4c3)nn12)S(=O)O. The first-order valence-electron chi connectivity index (χ1n) is 12.8. The highest BCUT2D eigenvalue weighted by molar-refractivity contribution is 7.76. The second-order valence-electron chi connectivity index (χ2n) is 9.53. The third-order valence-electron chi connectivity index (χ3n) is 6.98. The van der Waals surface area contributed by atoms with Crippen LogP contribution in [0.25, 0.3) is 27.7 Å². The number of benzene rings is 2. The fourth-order valence-corrected chi connectivity index (χ4v) is 5.13. The first-order chi connectivity index (χ1) is 19.0. The van der Waals surface area contributed by atoms with E-state index in [-0.39, 0.29) is 0 Å². The Morgan fingerprint density at radius 3 is 2.77 bits per heavy atom. The lowest BCUT2D eigenvalue weighted by molar-refractivity contribution is 0.0361. The highest BCUT2D eigenvalue weighted by Crippen LogP contribution is 2.27. The van der Waals surface area contributed by atoms with Gasteiger partial charge in [-0.3, -0.25) is 14.1 Å². The van der Waals surface area contributed by atoms with E-state index in [0.717, 1.165) is 78.3 Å². The highest BCUT2D eigenvalue weighted by atomic mass is 32.2. The summed E-state index contributed by atoms with van der Waals surface area (Å²) in [6.07, 6.45) is 3.68. The molecule has 2 N–H and O–H groups in total. The van der Waals surface area contributed by atoms with Crippen molar-refractivity contribution < 1.29 is 13.5 Å². The highest BCUT2D eigenvalue weighted by Gasteiger charge is 2.15. The van der Waals surface area contributed by atoms with Crippen LogP contribution in [0.3, 0.4) is 0 Å². The first-order valence-corrected chi connectivity index (χ1v) is 13.9. The van der Waals surface area contributed by atoms with Crippen LogP contribution in [-0.4, -0.2) is 82.2 Å². The molecule has 1 fully saturated rings. The number of aromatic nitrogens is 5. The Kier molecular flexibility index (Phi) is 7.35. The molecule has 1 aliphatic rings. The Hall–Kier alpha value is -3.68. The molecule has 4 heterocycles. The smallest absolute Gasteiger partial charge is 0.245 e. The first kappa shape index (κ1) is 25.6. The van der Waals surface area contributed by atoms with E-state index < -0.39 is 11.3 Å². The van der Waals surface area contributed by atoms with Gasteiger partial charge in [0.2, 0.25) is 17.2 Å². The van der Waals surface area contributed by atoms with Crippen LogP contribution in [0.5, 0.6) is 0 Å². The molecule has 0 radical (unpaired) electrons. The van der Waals surface area contributed by atoms with E-state index in [1.54, 1.807) is 13.2 Å². The van der Waals surface area contributed by atoms with E-state index in [1.165, 1.54) is 4.31 Å². The van der Waals surface area contributed by atoms with E-state index >= 15 is 0 Å². The largest absolute Gasteiger partial charge is 0.379 e. The van der Waals surface area contributed by atoms with Gasteiger partial charge in [-0.2, -0.15) is 9.40 Å². The van der Waals surface area contributed by atoms with Crippen LogP contribution < -0.4 is 5.32 Å². The molecule has 0 aliphatic carbocycles. The van der Waals surface area contributed by atoms with Gasteiger partial charge in [-0.25, -0.2) is 13.7 Å². The van der Waals surface area contributed by atoms with Crippen molar-refractivity contribution >= 4 is 39.3 Å². The van der Waals surface area contributed by atoms with Gasteiger partial charge in [0, 0.05) is 49.9 Å². The Balaban J connectivity index is 1.25. The summed E-state index contributed by atoms with van der Waals surface area (Å²) in [5.74, 6) is 0.463. The van der Waals surface area contributed by atoms with Crippen LogP contribution in [0, 0.1) is 0 Å². The summed E-state index contributed by atoms with van der Waals surface area (Å²) in [6.45, 7) is 5.54. The van der Waals surface area contributed by atoms with Crippen LogP contribution in [0.1, 0.15) is 5.56 Å². The summed E-state index contributed by atoms with van der Waals surface area (Å²) in [5.41, 5.74) is 5.50. The van der Waals surface area contributed by atoms with Crippen LogP contribution in [0.4, 0.5) is 11.6 Å². The molecule has 3 aromatic heterocycles. The Morgan fingerprint density at radius 2 is 1.92 bits per heavy atom. The Morgan fingerprint density at radius 1 is 1.08 bits per heavy atom. The summed E-state index contributed by atoms with van der Waals surface area (Å²) in [4.78, 5) is 6.92. The Bertz CT molecular complexity index is 1630. The molecule has 0 amide bonds. The van der Waals surface area contributed by atoms with Gasteiger partial charge in [-0.05, 0) is 35.9 Å². The molecule has 0 saturated carbocycles. The van der Waals surface area contributed by atoms with Crippen molar-refractivity contribution in [1.82, 2.24) is 33.6 Å². The normalized spacial score (nSPS) is 15.4. The maximum atomic E-state index is 11.5. The molecule has 1 atom stereocenters. The third-order valence-corrected chi connectivity index (χ3v) is 7.65. The molecule has 1 unspecified atom stereocenters. The van der Waals surface area contributed by atoms with Crippen molar-refractivity contribution in [2.45, 2.75) is 13.1 Å². The minimum atomic E-state index is -2.05. The lowest BCUT2D eigenvalue weighted by atomic mass is 10.0. The number of fused-ring (bicyclic) bond motifs is 2. The summed E-state index contributed by atoms with van der Waals surface area (Å²) in [7, 11) is 1.61. The average Bonchev–Trinajstić information content (AvgIpc) is 3.56. The second kappa shape index (κ2) is 11.2. The van der Waals surface area contributed by atoms with Crippen molar-refractivity contribution in [3.8, 4) is 11.3 Å². The number of anilines is 2. The van der Waals surface area contributed by atoms with Crippen LogP contribution in [0.15, 0.2) is 67.0 Å². The number of morpholine rings is 1. The molecule has 1 aliphatic heterocycles. The minimum absolute atomic E-state index is 0.321. The molecule has 1 saturated heterocycles. The molecule has 6 rings (SSSR count). The fourth-order valence-electron chi connectivity index (χ4n) is 4.88. The molecule has 5 aromatic rings. The van der Waals surface area contributed by atoms with Gasteiger partial charge >= 0.3 is 0 Å². The lowest BCUT2D eigenvalue weighted by Gasteiger charge is -2.26. The van der Waals surface area contributed by atoms with Gasteiger partial charge in [0.1, 0.15) is 0 Å². The lowest BCUT2D eigenvalue weighted by Crippen LogP contribution is -2.38. The maximum Gasteiger partial charge on any atom is 0.245 e. The average molecular weight is 547 g/mol. The van der Waals surface area contributed by atoms with Crippen LogP contribution in [0.2, 0.25) is 0 Å². The standard InChI is InChI=1S/C27H30N8O3S/c1-32(39(36)37)19-21-4-2-3-5-24(21)25-9-8-23-18-28-27(31-35(23)25)30-22-7-6-20-17-29-34(26(20)16-22)11-10-33-12-14-38-15-13-33/h2-9,16-18H,10-15,19H2,1H3,(H,30,31)(H,36,37). The van der Waals surface area contributed by atoms with Gasteiger partial charge in [0.15, 0.2) is 0 Å². The summed E-state index contributed by atoms with van der Waals surface area (Å²) in [6, 6.07) is 17.9. The van der Waals surface area contributed by atoms with E-state index in [2.05, 4.69) is 26.4 Å². The Labute approximate surface area is 228 Å². The van der Waals surface area contributed by atoms with E-state index in [4.69, 9.17) is 9.84 Å². The number of rotatable bonds is 9. The molecule has 0 bridgehead atoms. The molecule has 12 heteroatoms. The van der Waals surface area contributed by atoms with Crippen molar-refractivity contribution in [2.24, 2.45) is 0 Å². The van der Waals surface area contributed by atoms with Crippen molar-refractivity contribution in [3.05, 3.63) is 72.6 Å². The predicted octanol–water partition coefficient (Wildman–Crippen LogP) is 3.39. The molecule has 39 heavy (non-hydrogen) atoms. The number of nitrogens with zero attached hydrogens (tertiary/aromatic N) is 7. The van der Waals surface area contributed by atoms with Crippen molar-refractivity contribution in [1.29, 1.82) is 0 Å². The van der Waals surface area contributed by atoms with E-state index in [0.29, 0.717) is 12.5 Å². The molecular formula is C27H30N8O3S. The zero-order valence-corrected chi connectivity index (χ0v) is 22.4. The van der Waals surface area contributed by atoms with Crippen LogP contribution in [-0.2, 0) is 29.1 Å². The summed E-state index contributed by atoms with van der Waals surface area (Å²) in [5, 5.41) is 13.8. The maximum absolute atomic E-state index is 11.5.